The van der Waals surface area contributed by atoms with Crippen LogP contribution in [0.25, 0.3) is 33.5 Å². The molecule has 3 aromatic carbocycles. The standard InChI is InChI=1S/C28H24N4/c1-3-9-20(10-4-1)27-24(23-13-7-8-14-25(23)30-27)18-32-16-15-22-17-29-28(31-26(22)19-32)21-11-5-2-6-12-21/h1-14,17,30H,15-16,18-19H2. The van der Waals surface area contributed by atoms with Crippen LogP contribution in [0.15, 0.2) is 91.1 Å². The molecule has 4 nitrogen and oxygen atoms in total. The SMILES string of the molecule is c1ccc(-c2ncc3c(n2)CN(Cc2c(-c4ccccc4)[nH]c4ccccc24)CC3)cc1. The lowest BCUT2D eigenvalue weighted by Gasteiger charge is -2.28. The molecule has 32 heavy (non-hydrogen) atoms. The third kappa shape index (κ3) is 3.49. The minimum absolute atomic E-state index is 0.809. The Labute approximate surface area is 187 Å². The molecule has 3 heterocycles. The van der Waals surface area contributed by atoms with Crippen molar-refractivity contribution in [1.29, 1.82) is 0 Å². The zero-order valence-electron chi connectivity index (χ0n) is 17.8. The Morgan fingerprint density at radius 3 is 2.34 bits per heavy atom. The number of rotatable bonds is 4. The van der Waals surface area contributed by atoms with Gasteiger partial charge in [0.2, 0.25) is 0 Å². The molecule has 0 bridgehead atoms. The Hall–Kier alpha value is -3.76. The van der Waals surface area contributed by atoms with E-state index in [9.17, 15) is 0 Å². The maximum Gasteiger partial charge on any atom is 0.159 e. The zero-order chi connectivity index (χ0) is 21.3. The molecule has 156 valence electrons. The monoisotopic (exact) mass is 416 g/mol. The van der Waals surface area contributed by atoms with Crippen molar-refractivity contribution in [2.24, 2.45) is 0 Å². The fourth-order valence-corrected chi connectivity index (χ4v) is 4.66. The van der Waals surface area contributed by atoms with Gasteiger partial charge in [-0.1, -0.05) is 78.9 Å². The van der Waals surface area contributed by atoms with Crippen LogP contribution in [0.2, 0.25) is 0 Å². The van der Waals surface area contributed by atoms with Crippen LogP contribution in [0.3, 0.4) is 0 Å². The molecule has 2 aromatic heterocycles. The molecule has 0 atom stereocenters. The van der Waals surface area contributed by atoms with E-state index in [1.807, 2.05) is 24.4 Å². The first kappa shape index (κ1) is 19.0. The van der Waals surface area contributed by atoms with Crippen molar-refractivity contribution in [3.63, 3.8) is 0 Å². The van der Waals surface area contributed by atoms with Gasteiger partial charge in [-0.3, -0.25) is 4.90 Å². The molecule has 6 rings (SSSR count). The summed E-state index contributed by atoms with van der Waals surface area (Å²) < 4.78 is 0. The van der Waals surface area contributed by atoms with Crippen LogP contribution < -0.4 is 0 Å². The van der Waals surface area contributed by atoms with Crippen molar-refractivity contribution >= 4 is 10.9 Å². The van der Waals surface area contributed by atoms with Crippen molar-refractivity contribution in [2.45, 2.75) is 19.5 Å². The van der Waals surface area contributed by atoms with Gasteiger partial charge >= 0.3 is 0 Å². The zero-order valence-corrected chi connectivity index (χ0v) is 17.8. The smallest absolute Gasteiger partial charge is 0.159 e. The molecule has 0 saturated heterocycles. The van der Waals surface area contributed by atoms with Crippen LogP contribution in [-0.4, -0.2) is 26.4 Å². The molecule has 0 saturated carbocycles. The van der Waals surface area contributed by atoms with Gasteiger partial charge in [0.25, 0.3) is 0 Å². The Bertz CT molecular complexity index is 1370. The number of aromatic nitrogens is 3. The largest absolute Gasteiger partial charge is 0.354 e. The molecule has 4 heteroatoms. The first-order valence-electron chi connectivity index (χ1n) is 11.1. The third-order valence-corrected chi connectivity index (χ3v) is 6.31. The quantitative estimate of drug-likeness (QED) is 0.400. The molecule has 0 radical (unpaired) electrons. The molecule has 0 aliphatic carbocycles. The third-order valence-electron chi connectivity index (χ3n) is 6.31. The van der Waals surface area contributed by atoms with Gasteiger partial charge in [0, 0.05) is 42.3 Å². The topological polar surface area (TPSA) is 44.8 Å². The van der Waals surface area contributed by atoms with Crippen molar-refractivity contribution in [3.8, 4) is 22.6 Å². The predicted molar refractivity (Wildman–Crippen MR) is 129 cm³/mol. The average molecular weight is 417 g/mol. The van der Waals surface area contributed by atoms with E-state index in [2.05, 4.69) is 81.6 Å². The Morgan fingerprint density at radius 1 is 0.812 bits per heavy atom. The summed E-state index contributed by atoms with van der Waals surface area (Å²) in [6.07, 6.45) is 3.00. The van der Waals surface area contributed by atoms with Gasteiger partial charge in [-0.15, -0.1) is 0 Å². The van der Waals surface area contributed by atoms with Crippen LogP contribution in [-0.2, 0) is 19.5 Å². The van der Waals surface area contributed by atoms with Crippen LogP contribution >= 0.6 is 0 Å². The molecule has 5 aromatic rings. The number of benzene rings is 3. The number of hydrogen-bond donors (Lipinski definition) is 1. The van der Waals surface area contributed by atoms with Gasteiger partial charge in [0.1, 0.15) is 0 Å². The van der Waals surface area contributed by atoms with Crippen LogP contribution in [0.4, 0.5) is 0 Å². The summed E-state index contributed by atoms with van der Waals surface area (Å²) in [7, 11) is 0. The Morgan fingerprint density at radius 2 is 1.53 bits per heavy atom. The highest BCUT2D eigenvalue weighted by molar-refractivity contribution is 5.90. The molecule has 0 amide bonds. The molecule has 1 aliphatic rings. The molecule has 0 unspecified atom stereocenters. The van der Waals surface area contributed by atoms with Crippen LogP contribution in [0, 0.1) is 0 Å². The molecule has 0 spiro atoms. The molecule has 1 N–H and O–H groups in total. The number of aromatic amines is 1. The lowest BCUT2D eigenvalue weighted by Crippen LogP contribution is -2.31. The lowest BCUT2D eigenvalue weighted by molar-refractivity contribution is 0.242. The number of H-pyrrole nitrogens is 1. The summed E-state index contributed by atoms with van der Waals surface area (Å²) in [4.78, 5) is 15.7. The van der Waals surface area contributed by atoms with Gasteiger partial charge < -0.3 is 4.98 Å². The first-order chi connectivity index (χ1) is 15.8. The highest BCUT2D eigenvalue weighted by Crippen LogP contribution is 2.32. The molecule has 1 aliphatic heterocycles. The summed E-state index contributed by atoms with van der Waals surface area (Å²) in [5.74, 6) is 0.809. The number of nitrogens with one attached hydrogen (secondary N) is 1. The Balaban J connectivity index is 1.34. The second-order valence-electron chi connectivity index (χ2n) is 8.38. The fraction of sp³-hybridized carbons (Fsp3) is 0.143. The maximum absolute atomic E-state index is 4.95. The van der Waals surface area contributed by atoms with Crippen molar-refractivity contribution in [2.75, 3.05) is 6.54 Å². The second kappa shape index (κ2) is 8.06. The minimum atomic E-state index is 0.809. The highest BCUT2D eigenvalue weighted by Gasteiger charge is 2.22. The lowest BCUT2D eigenvalue weighted by atomic mass is 10.0. The van der Waals surface area contributed by atoms with E-state index >= 15 is 0 Å². The van der Waals surface area contributed by atoms with E-state index in [0.717, 1.165) is 43.1 Å². The van der Waals surface area contributed by atoms with Crippen LogP contribution in [0.5, 0.6) is 0 Å². The summed E-state index contributed by atoms with van der Waals surface area (Å²) in [5, 5.41) is 1.30. The van der Waals surface area contributed by atoms with Gasteiger partial charge in [0.05, 0.1) is 11.4 Å². The number of nitrogens with zero attached hydrogens (tertiary/aromatic N) is 3. The average Bonchev–Trinajstić information content (AvgIpc) is 3.23. The van der Waals surface area contributed by atoms with Crippen molar-refractivity contribution in [3.05, 3.63) is 108 Å². The van der Waals surface area contributed by atoms with Gasteiger partial charge in [-0.05, 0) is 29.2 Å². The summed E-state index contributed by atoms with van der Waals surface area (Å²) >= 11 is 0. The van der Waals surface area contributed by atoms with Gasteiger partial charge in [-0.25, -0.2) is 9.97 Å². The predicted octanol–water partition coefficient (Wildman–Crippen LogP) is 5.85. The highest BCUT2D eigenvalue weighted by atomic mass is 15.1. The van der Waals surface area contributed by atoms with Crippen molar-refractivity contribution < 1.29 is 0 Å². The first-order valence-corrected chi connectivity index (χ1v) is 11.1. The maximum atomic E-state index is 4.95. The normalized spacial score (nSPS) is 13.9. The Kier molecular flexibility index (Phi) is 4.78. The minimum Gasteiger partial charge on any atom is -0.354 e. The van der Waals surface area contributed by atoms with Crippen molar-refractivity contribution in [1.82, 2.24) is 19.9 Å². The summed E-state index contributed by atoms with van der Waals surface area (Å²) in [5.41, 5.74) is 8.46. The second-order valence-corrected chi connectivity index (χ2v) is 8.38. The number of para-hydroxylation sites is 1. The molecular weight excluding hydrogens is 392 g/mol. The van der Waals surface area contributed by atoms with E-state index < -0.39 is 0 Å². The number of fused-ring (bicyclic) bond motifs is 2. The van der Waals surface area contributed by atoms with E-state index in [1.165, 1.54) is 33.3 Å². The van der Waals surface area contributed by atoms with Crippen LogP contribution in [0.1, 0.15) is 16.8 Å². The fourth-order valence-electron chi connectivity index (χ4n) is 4.66. The summed E-state index contributed by atoms with van der Waals surface area (Å²) in [6.45, 7) is 2.73. The van der Waals surface area contributed by atoms with E-state index in [0.29, 0.717) is 0 Å². The van der Waals surface area contributed by atoms with Gasteiger partial charge in [0.15, 0.2) is 5.82 Å². The number of hydrogen-bond acceptors (Lipinski definition) is 3. The van der Waals surface area contributed by atoms with E-state index in [4.69, 9.17) is 4.98 Å². The van der Waals surface area contributed by atoms with Gasteiger partial charge in [-0.2, -0.15) is 0 Å². The molecule has 0 fully saturated rings. The summed E-state index contributed by atoms with van der Waals surface area (Å²) in [6, 6.07) is 29.5. The van der Waals surface area contributed by atoms with E-state index in [1.54, 1.807) is 0 Å². The van der Waals surface area contributed by atoms with E-state index in [-0.39, 0.29) is 0 Å². The molecular formula is C28H24N4.